The first-order valence-electron chi connectivity index (χ1n) is 8.76. The highest BCUT2D eigenvalue weighted by Gasteiger charge is 2.24. The highest BCUT2D eigenvalue weighted by molar-refractivity contribution is 9.10. The number of hydrogen-bond acceptors (Lipinski definition) is 6. The Morgan fingerprint density at radius 1 is 1.07 bits per heavy atom. The van der Waals surface area contributed by atoms with Crippen molar-refractivity contribution >= 4 is 27.8 Å². The fourth-order valence-electron chi connectivity index (χ4n) is 2.92. The van der Waals surface area contributed by atoms with Crippen LogP contribution in [-0.2, 0) is 11.8 Å². The minimum Gasteiger partial charge on any atom is -0.489 e. The quantitative estimate of drug-likeness (QED) is 0.570. The molecular formula is C21H20BrN3O4. The van der Waals surface area contributed by atoms with Crippen molar-refractivity contribution in [3.8, 4) is 5.75 Å². The van der Waals surface area contributed by atoms with Crippen LogP contribution in [0.4, 0.5) is 5.95 Å². The summed E-state index contributed by atoms with van der Waals surface area (Å²) in [5.74, 6) is -0.694. The Balaban J connectivity index is 2.13. The largest absolute Gasteiger partial charge is 0.489 e. The number of carbonyl (C=O) groups excluding carboxylic acids is 1. The second-order valence-electron chi connectivity index (χ2n) is 6.21. The zero-order valence-electron chi connectivity index (χ0n) is 16.2. The van der Waals surface area contributed by atoms with E-state index in [-0.39, 0.29) is 23.4 Å². The van der Waals surface area contributed by atoms with E-state index in [1.54, 1.807) is 7.05 Å². The van der Waals surface area contributed by atoms with Crippen molar-refractivity contribution in [2.24, 2.45) is 7.05 Å². The van der Waals surface area contributed by atoms with Gasteiger partial charge in [-0.1, -0.05) is 58.4 Å². The molecule has 2 aromatic carbocycles. The Hall–Kier alpha value is -3.13. The van der Waals surface area contributed by atoms with E-state index in [9.17, 15) is 9.59 Å². The SMILES string of the molecule is COC(=O)c1nc(NC(c2ccccc2)c2ccc(Br)cc2)n(C)c(=O)c1OC. The van der Waals surface area contributed by atoms with Crippen molar-refractivity contribution in [1.29, 1.82) is 0 Å². The fraction of sp³-hybridized carbons (Fsp3) is 0.190. The van der Waals surface area contributed by atoms with Crippen molar-refractivity contribution in [1.82, 2.24) is 9.55 Å². The van der Waals surface area contributed by atoms with E-state index in [4.69, 9.17) is 9.47 Å². The van der Waals surface area contributed by atoms with Gasteiger partial charge in [-0.25, -0.2) is 9.78 Å². The molecule has 3 aromatic rings. The van der Waals surface area contributed by atoms with Crippen molar-refractivity contribution in [2.45, 2.75) is 6.04 Å². The summed E-state index contributed by atoms with van der Waals surface area (Å²) in [6.07, 6.45) is 0. The van der Waals surface area contributed by atoms with Gasteiger partial charge in [-0.15, -0.1) is 0 Å². The molecule has 0 saturated heterocycles. The molecule has 0 bridgehead atoms. The maximum atomic E-state index is 12.7. The maximum absolute atomic E-state index is 12.7. The number of nitrogens with one attached hydrogen (secondary N) is 1. The minimum atomic E-state index is -0.748. The minimum absolute atomic E-state index is 0.162. The summed E-state index contributed by atoms with van der Waals surface area (Å²) in [4.78, 5) is 29.2. The van der Waals surface area contributed by atoms with Gasteiger partial charge in [0.15, 0.2) is 5.69 Å². The summed E-state index contributed by atoms with van der Waals surface area (Å²) in [6.45, 7) is 0. The van der Waals surface area contributed by atoms with Gasteiger partial charge in [0.2, 0.25) is 11.7 Å². The van der Waals surface area contributed by atoms with Gasteiger partial charge >= 0.3 is 5.97 Å². The lowest BCUT2D eigenvalue weighted by Crippen LogP contribution is -2.28. The summed E-state index contributed by atoms with van der Waals surface area (Å²) in [5, 5.41) is 3.28. The average Bonchev–Trinajstić information content (AvgIpc) is 2.75. The molecule has 8 heteroatoms. The first-order chi connectivity index (χ1) is 14.0. The molecule has 0 amide bonds. The van der Waals surface area contributed by atoms with Gasteiger partial charge < -0.3 is 14.8 Å². The van der Waals surface area contributed by atoms with Gasteiger partial charge in [-0.2, -0.15) is 0 Å². The predicted octanol–water partition coefficient (Wildman–Crippen LogP) is 3.54. The summed E-state index contributed by atoms with van der Waals surface area (Å²) in [6, 6.07) is 17.3. The number of rotatable bonds is 6. The monoisotopic (exact) mass is 457 g/mol. The second-order valence-corrected chi connectivity index (χ2v) is 7.13. The van der Waals surface area contributed by atoms with Crippen LogP contribution < -0.4 is 15.6 Å². The molecule has 1 atom stereocenters. The number of esters is 1. The number of anilines is 1. The first-order valence-corrected chi connectivity index (χ1v) is 9.55. The lowest BCUT2D eigenvalue weighted by Gasteiger charge is -2.22. The normalized spacial score (nSPS) is 11.6. The van der Waals surface area contributed by atoms with Gasteiger partial charge in [0.1, 0.15) is 0 Å². The van der Waals surface area contributed by atoms with Crippen LogP contribution in [0.1, 0.15) is 27.7 Å². The molecule has 1 aromatic heterocycles. The summed E-state index contributed by atoms with van der Waals surface area (Å²) in [5.41, 5.74) is 1.26. The van der Waals surface area contributed by atoms with E-state index in [0.29, 0.717) is 0 Å². The first kappa shape index (κ1) is 20.6. The van der Waals surface area contributed by atoms with E-state index in [1.807, 2.05) is 54.6 Å². The zero-order chi connectivity index (χ0) is 21.0. The number of halogens is 1. The van der Waals surface area contributed by atoms with Gasteiger partial charge in [-0.05, 0) is 23.3 Å². The molecule has 7 nitrogen and oxygen atoms in total. The Kier molecular flexibility index (Phi) is 6.33. The number of ether oxygens (including phenoxy) is 2. The van der Waals surface area contributed by atoms with Gasteiger partial charge in [0.05, 0.1) is 20.3 Å². The Morgan fingerprint density at radius 2 is 1.69 bits per heavy atom. The van der Waals surface area contributed by atoms with Crippen LogP contribution in [0.5, 0.6) is 5.75 Å². The molecule has 1 N–H and O–H groups in total. The molecule has 3 rings (SSSR count). The summed E-state index contributed by atoms with van der Waals surface area (Å²) < 4.78 is 12.1. The van der Waals surface area contributed by atoms with Crippen molar-refractivity contribution in [3.63, 3.8) is 0 Å². The third kappa shape index (κ3) is 4.32. The third-order valence-electron chi connectivity index (χ3n) is 4.44. The number of nitrogens with zero attached hydrogens (tertiary/aromatic N) is 2. The molecule has 0 aliphatic heterocycles. The number of benzene rings is 2. The highest BCUT2D eigenvalue weighted by Crippen LogP contribution is 2.27. The van der Waals surface area contributed by atoms with E-state index in [0.717, 1.165) is 15.6 Å². The molecule has 0 radical (unpaired) electrons. The number of carbonyl (C=O) groups is 1. The van der Waals surface area contributed by atoms with Crippen molar-refractivity contribution < 1.29 is 14.3 Å². The highest BCUT2D eigenvalue weighted by atomic mass is 79.9. The number of aromatic nitrogens is 2. The topological polar surface area (TPSA) is 82.5 Å². The molecule has 1 heterocycles. The Bertz CT molecular complexity index is 1070. The Labute approximate surface area is 176 Å². The molecule has 0 aliphatic rings. The van der Waals surface area contributed by atoms with E-state index < -0.39 is 11.5 Å². The molecule has 150 valence electrons. The number of hydrogen-bond donors (Lipinski definition) is 1. The fourth-order valence-corrected chi connectivity index (χ4v) is 3.18. The summed E-state index contributed by atoms with van der Waals surface area (Å²) >= 11 is 3.44. The lowest BCUT2D eigenvalue weighted by atomic mass is 9.99. The van der Waals surface area contributed by atoms with Crippen molar-refractivity contribution in [2.75, 3.05) is 19.5 Å². The van der Waals surface area contributed by atoms with Crippen LogP contribution in [0.3, 0.4) is 0 Å². The summed E-state index contributed by atoms with van der Waals surface area (Å²) in [7, 11) is 4.10. The molecule has 29 heavy (non-hydrogen) atoms. The Morgan fingerprint density at radius 3 is 2.28 bits per heavy atom. The van der Waals surface area contributed by atoms with E-state index in [1.165, 1.54) is 18.8 Å². The van der Waals surface area contributed by atoms with Crippen LogP contribution in [0.15, 0.2) is 63.9 Å². The predicted molar refractivity (Wildman–Crippen MR) is 113 cm³/mol. The zero-order valence-corrected chi connectivity index (χ0v) is 17.8. The van der Waals surface area contributed by atoms with Gasteiger partial charge in [-0.3, -0.25) is 9.36 Å². The van der Waals surface area contributed by atoms with Gasteiger partial charge in [0.25, 0.3) is 5.56 Å². The van der Waals surface area contributed by atoms with Crippen LogP contribution in [0.2, 0.25) is 0 Å². The standard InChI is InChI=1S/C21H20BrN3O4/c1-25-19(26)18(28-2)17(20(27)29-3)24-21(25)23-16(13-7-5-4-6-8-13)14-9-11-15(22)12-10-14/h4-12,16H,1-3H3,(H,23,24). The number of methoxy groups -OCH3 is 2. The smallest absolute Gasteiger partial charge is 0.360 e. The third-order valence-corrected chi connectivity index (χ3v) is 4.97. The molecule has 0 spiro atoms. The van der Waals surface area contributed by atoms with E-state index >= 15 is 0 Å². The van der Waals surface area contributed by atoms with Crippen LogP contribution in [-0.4, -0.2) is 29.7 Å². The maximum Gasteiger partial charge on any atom is 0.360 e. The van der Waals surface area contributed by atoms with Gasteiger partial charge in [0, 0.05) is 11.5 Å². The molecule has 1 unspecified atom stereocenters. The molecular weight excluding hydrogens is 438 g/mol. The molecule has 0 saturated carbocycles. The van der Waals surface area contributed by atoms with E-state index in [2.05, 4.69) is 26.2 Å². The average molecular weight is 458 g/mol. The van der Waals surface area contributed by atoms with Crippen LogP contribution in [0, 0.1) is 0 Å². The second kappa shape index (κ2) is 8.91. The molecule has 0 aliphatic carbocycles. The van der Waals surface area contributed by atoms with Crippen molar-refractivity contribution in [3.05, 3.63) is 86.2 Å². The van der Waals surface area contributed by atoms with Crippen LogP contribution in [0.25, 0.3) is 0 Å². The lowest BCUT2D eigenvalue weighted by molar-refractivity contribution is 0.0589. The molecule has 0 fully saturated rings. The van der Waals surface area contributed by atoms with Crippen LogP contribution >= 0.6 is 15.9 Å².